The van der Waals surface area contributed by atoms with Gasteiger partial charge in [0.15, 0.2) is 0 Å². The number of benzene rings is 1. The van der Waals surface area contributed by atoms with Crippen molar-refractivity contribution in [2.24, 2.45) is 12.8 Å². The van der Waals surface area contributed by atoms with Crippen LogP contribution in [0.3, 0.4) is 0 Å². The fraction of sp³-hybridized carbons (Fsp3) is 0.579. The van der Waals surface area contributed by atoms with E-state index in [0.29, 0.717) is 18.5 Å². The monoisotopic (exact) mass is 333 g/mol. The Balaban J connectivity index is 2.00. The number of aromatic nitrogens is 1. The van der Waals surface area contributed by atoms with Gasteiger partial charge in [-0.1, -0.05) is 31.0 Å². The number of nitrogens with zero attached hydrogens (tertiary/aromatic N) is 2. The largest absolute Gasteiger partial charge is 0.350 e. The van der Waals surface area contributed by atoms with Gasteiger partial charge in [-0.25, -0.2) is 0 Å². The van der Waals surface area contributed by atoms with Crippen LogP contribution in [0.4, 0.5) is 0 Å². The molecule has 0 saturated carbocycles. The second-order valence-electron chi connectivity index (χ2n) is 6.80. The number of rotatable bonds is 5. The van der Waals surface area contributed by atoms with Gasteiger partial charge in [-0.05, 0) is 50.0 Å². The van der Waals surface area contributed by atoms with Gasteiger partial charge in [0.2, 0.25) is 0 Å². The van der Waals surface area contributed by atoms with E-state index in [9.17, 15) is 0 Å². The predicted molar refractivity (Wildman–Crippen MR) is 99.2 cm³/mol. The molecule has 1 aliphatic rings. The van der Waals surface area contributed by atoms with Gasteiger partial charge in [-0.2, -0.15) is 0 Å². The molecule has 0 aliphatic carbocycles. The Labute approximate surface area is 144 Å². The standard InChI is InChI=1S/C19H28ClN3/c1-3-9-23-10-5-4-6-18(23)16(12-21)17-13-22(2)19-11-14(20)7-8-15(17)19/h7-8,11,13,16,18H,3-6,9-10,12,21H2,1-2H3. The van der Waals surface area contributed by atoms with Gasteiger partial charge in [0.25, 0.3) is 0 Å². The van der Waals surface area contributed by atoms with Crippen molar-refractivity contribution >= 4 is 22.5 Å². The highest BCUT2D eigenvalue weighted by atomic mass is 35.5. The van der Waals surface area contributed by atoms with E-state index in [2.05, 4.69) is 41.8 Å². The quantitative estimate of drug-likeness (QED) is 0.892. The molecular formula is C19H28ClN3. The van der Waals surface area contributed by atoms with Gasteiger partial charge in [0.05, 0.1) is 0 Å². The molecule has 3 rings (SSSR count). The maximum Gasteiger partial charge on any atom is 0.0495 e. The molecule has 2 atom stereocenters. The van der Waals surface area contributed by atoms with Crippen molar-refractivity contribution < 1.29 is 0 Å². The Hall–Kier alpha value is -1.03. The highest BCUT2D eigenvalue weighted by molar-refractivity contribution is 6.31. The topological polar surface area (TPSA) is 34.2 Å². The van der Waals surface area contributed by atoms with Crippen LogP contribution < -0.4 is 5.73 Å². The first-order valence-corrected chi connectivity index (χ1v) is 9.22. The average Bonchev–Trinajstić information content (AvgIpc) is 2.86. The lowest BCUT2D eigenvalue weighted by Gasteiger charge is -2.40. The Morgan fingerprint density at radius 2 is 2.17 bits per heavy atom. The summed E-state index contributed by atoms with van der Waals surface area (Å²) in [4.78, 5) is 2.66. The van der Waals surface area contributed by atoms with Crippen molar-refractivity contribution in [3.63, 3.8) is 0 Å². The second-order valence-corrected chi connectivity index (χ2v) is 7.23. The van der Waals surface area contributed by atoms with E-state index in [1.165, 1.54) is 55.2 Å². The fourth-order valence-electron chi connectivity index (χ4n) is 4.21. The van der Waals surface area contributed by atoms with Crippen LogP contribution in [-0.2, 0) is 7.05 Å². The molecule has 0 radical (unpaired) electrons. The van der Waals surface area contributed by atoms with Crippen LogP contribution in [0.2, 0.25) is 5.02 Å². The lowest BCUT2D eigenvalue weighted by molar-refractivity contribution is 0.127. The van der Waals surface area contributed by atoms with Crippen molar-refractivity contribution in [3.8, 4) is 0 Å². The molecule has 0 amide bonds. The molecule has 4 heteroatoms. The predicted octanol–water partition coefficient (Wildman–Crippen LogP) is 4.14. The number of fused-ring (bicyclic) bond motifs is 1. The van der Waals surface area contributed by atoms with Gasteiger partial charge in [-0.15, -0.1) is 0 Å². The summed E-state index contributed by atoms with van der Waals surface area (Å²) in [6.07, 6.45) is 7.36. The molecule has 1 saturated heterocycles. The van der Waals surface area contributed by atoms with Crippen molar-refractivity contribution in [1.29, 1.82) is 0 Å². The molecule has 3 nitrogen and oxygen atoms in total. The summed E-state index contributed by atoms with van der Waals surface area (Å²) >= 11 is 6.18. The third kappa shape index (κ3) is 3.28. The zero-order valence-corrected chi connectivity index (χ0v) is 15.0. The van der Waals surface area contributed by atoms with E-state index in [1.54, 1.807) is 0 Å². The molecule has 2 N–H and O–H groups in total. The number of aryl methyl sites for hydroxylation is 1. The van der Waals surface area contributed by atoms with Crippen LogP contribution in [0.15, 0.2) is 24.4 Å². The number of nitrogens with two attached hydrogens (primary N) is 1. The number of likely N-dealkylation sites (tertiary alicyclic amines) is 1. The Kier molecular flexibility index (Phi) is 5.30. The lowest BCUT2D eigenvalue weighted by atomic mass is 9.85. The van der Waals surface area contributed by atoms with E-state index in [0.717, 1.165) is 5.02 Å². The summed E-state index contributed by atoms with van der Waals surface area (Å²) < 4.78 is 2.19. The third-order valence-corrected chi connectivity index (χ3v) is 5.51. The third-order valence-electron chi connectivity index (χ3n) is 5.28. The van der Waals surface area contributed by atoms with Crippen LogP contribution >= 0.6 is 11.6 Å². The molecule has 1 aromatic carbocycles. The second kappa shape index (κ2) is 7.25. The maximum atomic E-state index is 6.26. The molecule has 1 aliphatic heterocycles. The minimum absolute atomic E-state index is 0.395. The molecule has 0 spiro atoms. The summed E-state index contributed by atoms with van der Waals surface area (Å²) in [5, 5.41) is 2.09. The van der Waals surface area contributed by atoms with Crippen molar-refractivity contribution in [2.45, 2.75) is 44.6 Å². The summed E-state index contributed by atoms with van der Waals surface area (Å²) in [6.45, 7) is 5.36. The van der Waals surface area contributed by atoms with Gasteiger partial charge in [0, 0.05) is 47.7 Å². The molecular weight excluding hydrogens is 306 g/mol. The maximum absolute atomic E-state index is 6.26. The SMILES string of the molecule is CCCN1CCCCC1C(CN)c1cn(C)c2cc(Cl)ccc12. The van der Waals surface area contributed by atoms with Crippen molar-refractivity contribution in [3.05, 3.63) is 35.0 Å². The van der Waals surface area contributed by atoms with Crippen LogP contribution in [0, 0.1) is 0 Å². The van der Waals surface area contributed by atoms with E-state index in [4.69, 9.17) is 17.3 Å². The summed E-state index contributed by atoms with van der Waals surface area (Å²) in [5.41, 5.74) is 8.84. The average molecular weight is 334 g/mol. The molecule has 126 valence electrons. The Morgan fingerprint density at radius 1 is 1.35 bits per heavy atom. The van der Waals surface area contributed by atoms with E-state index in [1.807, 2.05) is 6.07 Å². The lowest BCUT2D eigenvalue weighted by Crippen LogP contribution is -2.45. The molecule has 2 unspecified atom stereocenters. The highest BCUT2D eigenvalue weighted by Crippen LogP contribution is 2.35. The smallest absolute Gasteiger partial charge is 0.0495 e. The van der Waals surface area contributed by atoms with Gasteiger partial charge in [0.1, 0.15) is 0 Å². The number of halogens is 1. The van der Waals surface area contributed by atoms with Crippen LogP contribution in [0.5, 0.6) is 0 Å². The normalized spacial score (nSPS) is 21.0. The zero-order valence-electron chi connectivity index (χ0n) is 14.3. The first-order chi connectivity index (χ1) is 11.2. The van der Waals surface area contributed by atoms with Crippen molar-refractivity contribution in [1.82, 2.24) is 9.47 Å². The summed E-state index contributed by atoms with van der Waals surface area (Å²) in [5.74, 6) is 0.395. The highest BCUT2D eigenvalue weighted by Gasteiger charge is 2.31. The van der Waals surface area contributed by atoms with E-state index in [-0.39, 0.29) is 0 Å². The summed E-state index contributed by atoms with van der Waals surface area (Å²) in [6, 6.07) is 6.77. The van der Waals surface area contributed by atoms with Gasteiger partial charge in [-0.3, -0.25) is 4.90 Å². The van der Waals surface area contributed by atoms with Gasteiger partial charge >= 0.3 is 0 Å². The van der Waals surface area contributed by atoms with Crippen LogP contribution in [-0.4, -0.2) is 35.1 Å². The number of hydrogen-bond acceptors (Lipinski definition) is 2. The van der Waals surface area contributed by atoms with E-state index < -0.39 is 0 Å². The van der Waals surface area contributed by atoms with E-state index >= 15 is 0 Å². The molecule has 0 bridgehead atoms. The van der Waals surface area contributed by atoms with Crippen LogP contribution in [0.25, 0.3) is 10.9 Å². The van der Waals surface area contributed by atoms with Gasteiger partial charge < -0.3 is 10.3 Å². The molecule has 1 aromatic heterocycles. The van der Waals surface area contributed by atoms with Crippen molar-refractivity contribution in [2.75, 3.05) is 19.6 Å². The fourth-order valence-corrected chi connectivity index (χ4v) is 4.38. The number of piperidine rings is 1. The minimum Gasteiger partial charge on any atom is -0.350 e. The van der Waals surface area contributed by atoms with Crippen LogP contribution in [0.1, 0.15) is 44.1 Å². The number of hydrogen-bond donors (Lipinski definition) is 1. The molecule has 2 heterocycles. The summed E-state index contributed by atoms with van der Waals surface area (Å²) in [7, 11) is 2.10. The Bertz CT molecular complexity index is 662. The zero-order chi connectivity index (χ0) is 16.4. The minimum atomic E-state index is 0.395. The molecule has 1 fully saturated rings. The molecule has 2 aromatic rings. The molecule has 23 heavy (non-hydrogen) atoms. The Morgan fingerprint density at radius 3 is 2.91 bits per heavy atom. The first-order valence-electron chi connectivity index (χ1n) is 8.84. The first kappa shape index (κ1) is 16.8.